The first-order valence-electron chi connectivity index (χ1n) is 5.70. The summed E-state index contributed by atoms with van der Waals surface area (Å²) in [7, 11) is 0. The van der Waals surface area contributed by atoms with Crippen LogP contribution in [-0.2, 0) is 4.79 Å². The number of fused-ring (bicyclic) bond motifs is 1. The molecular weight excluding hydrogens is 196 g/mol. The van der Waals surface area contributed by atoms with Gasteiger partial charge in [-0.05, 0) is 31.6 Å². The molecule has 2 aliphatic rings. The van der Waals surface area contributed by atoms with E-state index in [4.69, 9.17) is 5.11 Å². The number of rotatable bonds is 1. The zero-order valence-electron chi connectivity index (χ0n) is 8.67. The lowest BCUT2D eigenvalue weighted by Crippen LogP contribution is -2.48. The van der Waals surface area contributed by atoms with Gasteiger partial charge >= 0.3 is 5.97 Å². The molecule has 0 spiro atoms. The molecule has 4 heteroatoms. The summed E-state index contributed by atoms with van der Waals surface area (Å²) in [5.41, 5.74) is 0. The third-order valence-electron chi connectivity index (χ3n) is 4.03. The van der Waals surface area contributed by atoms with Gasteiger partial charge < -0.3 is 15.3 Å². The summed E-state index contributed by atoms with van der Waals surface area (Å²) in [6.07, 6.45) is 2.52. The normalized spacial score (nSPS) is 45.9. The average molecular weight is 214 g/mol. The van der Waals surface area contributed by atoms with E-state index in [2.05, 4.69) is 0 Å². The van der Waals surface area contributed by atoms with Crippen molar-refractivity contribution in [1.82, 2.24) is 0 Å². The molecule has 0 saturated heterocycles. The van der Waals surface area contributed by atoms with Crippen molar-refractivity contribution >= 4 is 5.97 Å². The van der Waals surface area contributed by atoms with Crippen LogP contribution in [0.2, 0.25) is 0 Å². The minimum Gasteiger partial charge on any atom is -0.481 e. The Morgan fingerprint density at radius 1 is 1.00 bits per heavy atom. The van der Waals surface area contributed by atoms with Crippen LogP contribution < -0.4 is 0 Å². The molecule has 3 N–H and O–H groups in total. The fourth-order valence-electron chi connectivity index (χ4n) is 3.30. The van der Waals surface area contributed by atoms with Crippen LogP contribution in [0.5, 0.6) is 0 Å². The van der Waals surface area contributed by atoms with Crippen LogP contribution >= 0.6 is 0 Å². The Labute approximate surface area is 88.9 Å². The van der Waals surface area contributed by atoms with Crippen LogP contribution in [0.25, 0.3) is 0 Å². The molecule has 5 unspecified atom stereocenters. The molecule has 2 aliphatic carbocycles. The maximum absolute atomic E-state index is 11.1. The van der Waals surface area contributed by atoms with Crippen molar-refractivity contribution in [3.63, 3.8) is 0 Å². The second kappa shape index (κ2) is 4.10. The maximum atomic E-state index is 11.1. The van der Waals surface area contributed by atoms with Gasteiger partial charge in [0.15, 0.2) is 0 Å². The van der Waals surface area contributed by atoms with Crippen LogP contribution in [0, 0.1) is 17.8 Å². The monoisotopic (exact) mass is 214 g/mol. The Bertz CT molecular complexity index is 253. The van der Waals surface area contributed by atoms with Crippen molar-refractivity contribution in [3.05, 3.63) is 0 Å². The molecular formula is C11H18O4. The van der Waals surface area contributed by atoms with E-state index in [1.165, 1.54) is 0 Å². The first-order valence-corrected chi connectivity index (χ1v) is 5.70. The third-order valence-corrected chi connectivity index (χ3v) is 4.03. The van der Waals surface area contributed by atoms with E-state index in [9.17, 15) is 15.0 Å². The highest BCUT2D eigenvalue weighted by atomic mass is 16.4. The molecule has 0 aliphatic heterocycles. The van der Waals surface area contributed by atoms with Crippen molar-refractivity contribution in [2.75, 3.05) is 0 Å². The lowest BCUT2D eigenvalue weighted by Gasteiger charge is -2.44. The largest absolute Gasteiger partial charge is 0.481 e. The molecule has 0 aromatic carbocycles. The summed E-state index contributed by atoms with van der Waals surface area (Å²) >= 11 is 0. The van der Waals surface area contributed by atoms with Crippen molar-refractivity contribution in [1.29, 1.82) is 0 Å². The molecule has 15 heavy (non-hydrogen) atoms. The number of aliphatic hydroxyl groups excluding tert-OH is 2. The molecule has 0 aromatic rings. The molecule has 4 nitrogen and oxygen atoms in total. The van der Waals surface area contributed by atoms with Gasteiger partial charge in [0.1, 0.15) is 0 Å². The first-order chi connectivity index (χ1) is 7.11. The van der Waals surface area contributed by atoms with Gasteiger partial charge in [0.2, 0.25) is 0 Å². The molecule has 2 saturated carbocycles. The standard InChI is InChI=1S/C11H18O4/c12-8-4-5-9(13)10-6(8)2-1-3-7(10)11(14)15/h6-10,12-13H,1-5H2,(H,14,15). The SMILES string of the molecule is O=C(O)C1CCCC2C(O)CCC(O)C12. The molecule has 0 heterocycles. The summed E-state index contributed by atoms with van der Waals surface area (Å²) < 4.78 is 0. The first kappa shape index (κ1) is 10.9. The van der Waals surface area contributed by atoms with E-state index in [-0.39, 0.29) is 11.8 Å². The predicted octanol–water partition coefficient (Wildman–Crippen LogP) is 0.619. The molecule has 0 radical (unpaired) electrons. The van der Waals surface area contributed by atoms with Gasteiger partial charge in [-0.2, -0.15) is 0 Å². The minimum absolute atomic E-state index is 0.0106. The van der Waals surface area contributed by atoms with Crippen molar-refractivity contribution < 1.29 is 20.1 Å². The smallest absolute Gasteiger partial charge is 0.306 e. The number of carboxylic acids is 1. The van der Waals surface area contributed by atoms with Crippen molar-refractivity contribution in [3.8, 4) is 0 Å². The zero-order valence-corrected chi connectivity index (χ0v) is 8.67. The average Bonchev–Trinajstić information content (AvgIpc) is 2.23. The van der Waals surface area contributed by atoms with Crippen LogP contribution in [-0.4, -0.2) is 33.5 Å². The number of hydrogen-bond donors (Lipinski definition) is 3. The Morgan fingerprint density at radius 3 is 2.33 bits per heavy atom. The van der Waals surface area contributed by atoms with Crippen molar-refractivity contribution in [2.24, 2.45) is 17.8 Å². The van der Waals surface area contributed by atoms with Crippen molar-refractivity contribution in [2.45, 2.75) is 44.3 Å². The predicted molar refractivity (Wildman–Crippen MR) is 53.2 cm³/mol. The fourth-order valence-corrected chi connectivity index (χ4v) is 3.30. The summed E-state index contributed by atoms with van der Waals surface area (Å²) in [5, 5.41) is 28.8. The van der Waals surface area contributed by atoms with Gasteiger partial charge in [0.05, 0.1) is 18.1 Å². The molecule has 5 atom stereocenters. The van der Waals surface area contributed by atoms with Crippen LogP contribution in [0.1, 0.15) is 32.1 Å². The van der Waals surface area contributed by atoms with Gasteiger partial charge in [-0.25, -0.2) is 0 Å². The summed E-state index contributed by atoms with van der Waals surface area (Å²) in [6, 6.07) is 0. The van der Waals surface area contributed by atoms with E-state index in [1.54, 1.807) is 0 Å². The number of carbonyl (C=O) groups is 1. The highest BCUT2D eigenvalue weighted by Crippen LogP contribution is 2.44. The van der Waals surface area contributed by atoms with E-state index in [0.29, 0.717) is 19.3 Å². The number of hydrogen-bond acceptors (Lipinski definition) is 3. The second-order valence-corrected chi connectivity index (χ2v) is 4.83. The molecule has 0 amide bonds. The lowest BCUT2D eigenvalue weighted by molar-refractivity contribution is -0.155. The highest BCUT2D eigenvalue weighted by Gasteiger charge is 2.46. The number of aliphatic carboxylic acids is 1. The van der Waals surface area contributed by atoms with Gasteiger partial charge in [0, 0.05) is 5.92 Å². The molecule has 2 rings (SSSR count). The molecule has 0 aromatic heterocycles. The highest BCUT2D eigenvalue weighted by molar-refractivity contribution is 5.70. The zero-order chi connectivity index (χ0) is 11.0. The second-order valence-electron chi connectivity index (χ2n) is 4.83. The Kier molecular flexibility index (Phi) is 2.98. The van der Waals surface area contributed by atoms with E-state index in [1.807, 2.05) is 0 Å². The molecule has 2 fully saturated rings. The topological polar surface area (TPSA) is 77.8 Å². The molecule has 86 valence electrons. The van der Waals surface area contributed by atoms with E-state index >= 15 is 0 Å². The number of carboxylic acid groups (broad SMARTS) is 1. The summed E-state index contributed by atoms with van der Waals surface area (Å²) in [5.74, 6) is -1.53. The van der Waals surface area contributed by atoms with Gasteiger partial charge in [0.25, 0.3) is 0 Å². The number of aliphatic hydroxyl groups is 2. The minimum atomic E-state index is -0.821. The van der Waals surface area contributed by atoms with E-state index in [0.717, 1.165) is 12.8 Å². The fraction of sp³-hybridized carbons (Fsp3) is 0.909. The Hall–Kier alpha value is -0.610. The van der Waals surface area contributed by atoms with Gasteiger partial charge in [-0.3, -0.25) is 4.79 Å². The quantitative estimate of drug-likeness (QED) is 0.598. The van der Waals surface area contributed by atoms with Crippen LogP contribution in [0.15, 0.2) is 0 Å². The Morgan fingerprint density at radius 2 is 1.67 bits per heavy atom. The lowest BCUT2D eigenvalue weighted by atomic mass is 9.63. The third kappa shape index (κ3) is 1.88. The Balaban J connectivity index is 2.19. The van der Waals surface area contributed by atoms with Crippen LogP contribution in [0.4, 0.5) is 0 Å². The molecule has 0 bridgehead atoms. The van der Waals surface area contributed by atoms with Gasteiger partial charge in [-0.1, -0.05) is 6.42 Å². The summed E-state index contributed by atoms with van der Waals surface area (Å²) in [6.45, 7) is 0. The van der Waals surface area contributed by atoms with E-state index < -0.39 is 24.1 Å². The van der Waals surface area contributed by atoms with Crippen LogP contribution in [0.3, 0.4) is 0 Å². The maximum Gasteiger partial charge on any atom is 0.306 e. The van der Waals surface area contributed by atoms with Gasteiger partial charge in [-0.15, -0.1) is 0 Å². The summed E-state index contributed by atoms with van der Waals surface area (Å²) in [4.78, 5) is 11.1.